The molecule has 0 atom stereocenters. The third-order valence-corrected chi connectivity index (χ3v) is 3.22. The molecule has 0 unspecified atom stereocenters. The van der Waals surface area contributed by atoms with Gasteiger partial charge < -0.3 is 10.4 Å². The van der Waals surface area contributed by atoms with Gasteiger partial charge in [-0.05, 0) is 13.0 Å². The SMILES string of the molecule is Cc1nc(CNc2nc(C(=O)O)ccc2[N+](=O)[O-])cs1. The van der Waals surface area contributed by atoms with Crippen LogP contribution in [0.1, 0.15) is 21.2 Å². The van der Waals surface area contributed by atoms with Crippen molar-refractivity contribution in [3.8, 4) is 0 Å². The van der Waals surface area contributed by atoms with Gasteiger partial charge in [0.05, 0.1) is 22.2 Å². The Labute approximate surface area is 117 Å². The van der Waals surface area contributed by atoms with E-state index in [9.17, 15) is 14.9 Å². The topological polar surface area (TPSA) is 118 Å². The number of hydrogen-bond acceptors (Lipinski definition) is 7. The number of nitrogens with one attached hydrogen (secondary N) is 1. The summed E-state index contributed by atoms with van der Waals surface area (Å²) in [6.07, 6.45) is 0. The van der Waals surface area contributed by atoms with E-state index in [1.165, 1.54) is 11.3 Å². The Morgan fingerprint density at radius 1 is 1.50 bits per heavy atom. The molecule has 0 radical (unpaired) electrons. The number of aromatic carboxylic acids is 1. The summed E-state index contributed by atoms with van der Waals surface area (Å²) in [5, 5.41) is 25.2. The van der Waals surface area contributed by atoms with Gasteiger partial charge in [0.15, 0.2) is 5.69 Å². The number of thiazole rings is 1. The van der Waals surface area contributed by atoms with Crippen molar-refractivity contribution in [1.29, 1.82) is 0 Å². The van der Waals surface area contributed by atoms with Crippen molar-refractivity contribution >= 4 is 28.8 Å². The number of aromatic nitrogens is 2. The molecule has 0 saturated carbocycles. The molecule has 0 aliphatic carbocycles. The largest absolute Gasteiger partial charge is 0.477 e. The van der Waals surface area contributed by atoms with Crippen LogP contribution < -0.4 is 5.32 Å². The number of aryl methyl sites for hydroxylation is 1. The van der Waals surface area contributed by atoms with E-state index in [0.717, 1.165) is 17.1 Å². The Morgan fingerprint density at radius 2 is 2.25 bits per heavy atom. The standard InChI is InChI=1S/C11H10N4O4S/c1-6-13-7(5-20-6)4-12-10-9(15(18)19)3-2-8(14-10)11(16)17/h2-3,5H,4H2,1H3,(H,12,14)(H,16,17). The molecule has 0 spiro atoms. The molecule has 104 valence electrons. The normalized spacial score (nSPS) is 10.2. The first-order chi connectivity index (χ1) is 9.47. The summed E-state index contributed by atoms with van der Waals surface area (Å²) in [5.41, 5.74) is 0.179. The lowest BCUT2D eigenvalue weighted by Crippen LogP contribution is -2.08. The van der Waals surface area contributed by atoms with Crippen LogP contribution in [0.2, 0.25) is 0 Å². The fourth-order valence-electron chi connectivity index (χ4n) is 1.51. The molecule has 9 heteroatoms. The third-order valence-electron chi connectivity index (χ3n) is 2.39. The third kappa shape index (κ3) is 3.06. The van der Waals surface area contributed by atoms with Crippen LogP contribution in [0.3, 0.4) is 0 Å². The molecule has 0 fully saturated rings. The molecule has 2 N–H and O–H groups in total. The second-order valence-corrected chi connectivity index (χ2v) is 4.90. The van der Waals surface area contributed by atoms with Crippen molar-refractivity contribution in [3.63, 3.8) is 0 Å². The zero-order chi connectivity index (χ0) is 14.7. The first-order valence-corrected chi connectivity index (χ1v) is 6.39. The number of hydrogen-bond donors (Lipinski definition) is 2. The lowest BCUT2D eigenvalue weighted by molar-refractivity contribution is -0.384. The predicted octanol–water partition coefficient (Wildman–Crippen LogP) is 2.07. The minimum Gasteiger partial charge on any atom is -0.477 e. The summed E-state index contributed by atoms with van der Waals surface area (Å²) < 4.78 is 0. The van der Waals surface area contributed by atoms with Crippen LogP contribution in [-0.4, -0.2) is 26.0 Å². The Kier molecular flexibility index (Phi) is 3.89. The first kappa shape index (κ1) is 13.9. The van der Waals surface area contributed by atoms with Gasteiger partial charge in [0.1, 0.15) is 0 Å². The number of carbonyl (C=O) groups is 1. The molecule has 8 nitrogen and oxygen atoms in total. The van der Waals surface area contributed by atoms with Crippen molar-refractivity contribution in [3.05, 3.63) is 44.0 Å². The number of carboxylic acid groups (broad SMARTS) is 1. The number of anilines is 1. The minimum atomic E-state index is -1.24. The van der Waals surface area contributed by atoms with E-state index in [4.69, 9.17) is 5.11 Å². The number of pyridine rings is 1. The van der Waals surface area contributed by atoms with Crippen molar-refractivity contribution in [2.45, 2.75) is 13.5 Å². The monoisotopic (exact) mass is 294 g/mol. The van der Waals surface area contributed by atoms with Gasteiger partial charge in [0, 0.05) is 11.4 Å². The maximum atomic E-state index is 10.9. The van der Waals surface area contributed by atoms with Gasteiger partial charge in [0.2, 0.25) is 5.82 Å². The van der Waals surface area contributed by atoms with Gasteiger partial charge in [-0.15, -0.1) is 11.3 Å². The van der Waals surface area contributed by atoms with Crippen LogP contribution >= 0.6 is 11.3 Å². The lowest BCUT2D eigenvalue weighted by Gasteiger charge is -2.05. The molecule has 2 aromatic rings. The summed E-state index contributed by atoms with van der Waals surface area (Å²) in [4.78, 5) is 29.0. The Bertz CT molecular complexity index is 670. The van der Waals surface area contributed by atoms with Crippen LogP contribution in [-0.2, 0) is 6.54 Å². The highest BCUT2D eigenvalue weighted by atomic mass is 32.1. The average molecular weight is 294 g/mol. The first-order valence-electron chi connectivity index (χ1n) is 5.51. The molecule has 2 aromatic heterocycles. The van der Waals surface area contributed by atoms with E-state index >= 15 is 0 Å². The highest BCUT2D eigenvalue weighted by Gasteiger charge is 2.18. The number of carboxylic acids is 1. The molecule has 0 aliphatic rings. The molecular formula is C11H10N4O4S. The zero-order valence-electron chi connectivity index (χ0n) is 10.4. The van der Waals surface area contributed by atoms with Gasteiger partial charge in [-0.2, -0.15) is 0 Å². The number of nitro groups is 1. The molecule has 2 rings (SSSR count). The smallest absolute Gasteiger partial charge is 0.354 e. The summed E-state index contributed by atoms with van der Waals surface area (Å²) in [6, 6.07) is 2.21. The summed E-state index contributed by atoms with van der Waals surface area (Å²) >= 11 is 1.46. The maximum Gasteiger partial charge on any atom is 0.354 e. The Hall–Kier alpha value is -2.55. The van der Waals surface area contributed by atoms with Crippen LogP contribution in [0.25, 0.3) is 0 Å². The maximum absolute atomic E-state index is 10.9. The van der Waals surface area contributed by atoms with Crippen molar-refractivity contribution < 1.29 is 14.8 Å². The summed E-state index contributed by atoms with van der Waals surface area (Å²) in [7, 11) is 0. The van der Waals surface area contributed by atoms with E-state index in [2.05, 4.69) is 15.3 Å². The molecule has 0 aromatic carbocycles. The molecular weight excluding hydrogens is 284 g/mol. The van der Waals surface area contributed by atoms with Crippen LogP contribution in [0.5, 0.6) is 0 Å². The van der Waals surface area contributed by atoms with Gasteiger partial charge in [-0.3, -0.25) is 10.1 Å². The Morgan fingerprint density at radius 3 is 2.80 bits per heavy atom. The number of nitrogens with zero attached hydrogens (tertiary/aromatic N) is 3. The van der Waals surface area contributed by atoms with E-state index in [1.54, 1.807) is 0 Å². The van der Waals surface area contributed by atoms with E-state index in [-0.39, 0.29) is 23.7 Å². The van der Waals surface area contributed by atoms with Crippen molar-refractivity contribution in [1.82, 2.24) is 9.97 Å². The average Bonchev–Trinajstić information content (AvgIpc) is 2.81. The van der Waals surface area contributed by atoms with Crippen molar-refractivity contribution in [2.24, 2.45) is 0 Å². The summed E-state index contributed by atoms with van der Waals surface area (Å²) in [5.74, 6) is -1.33. The zero-order valence-corrected chi connectivity index (χ0v) is 11.2. The molecule has 0 saturated heterocycles. The van der Waals surface area contributed by atoms with Crippen molar-refractivity contribution in [2.75, 3.05) is 5.32 Å². The second kappa shape index (κ2) is 5.61. The lowest BCUT2D eigenvalue weighted by atomic mass is 10.3. The number of rotatable bonds is 5. The highest BCUT2D eigenvalue weighted by molar-refractivity contribution is 7.09. The predicted molar refractivity (Wildman–Crippen MR) is 72.0 cm³/mol. The fraction of sp³-hybridized carbons (Fsp3) is 0.182. The van der Waals surface area contributed by atoms with Gasteiger partial charge in [0.25, 0.3) is 0 Å². The van der Waals surface area contributed by atoms with Crippen LogP contribution in [0.15, 0.2) is 17.5 Å². The molecule has 0 aliphatic heterocycles. The highest BCUT2D eigenvalue weighted by Crippen LogP contribution is 2.23. The Balaban J connectivity index is 2.25. The van der Waals surface area contributed by atoms with E-state index < -0.39 is 10.9 Å². The van der Waals surface area contributed by atoms with Gasteiger partial charge >= 0.3 is 11.7 Å². The van der Waals surface area contributed by atoms with Gasteiger partial charge in [-0.25, -0.2) is 14.8 Å². The van der Waals surface area contributed by atoms with Crippen LogP contribution in [0.4, 0.5) is 11.5 Å². The van der Waals surface area contributed by atoms with Crippen LogP contribution in [0, 0.1) is 17.0 Å². The van der Waals surface area contributed by atoms with E-state index in [0.29, 0.717) is 5.69 Å². The molecule has 0 amide bonds. The molecule has 20 heavy (non-hydrogen) atoms. The second-order valence-electron chi connectivity index (χ2n) is 3.84. The fourth-order valence-corrected chi connectivity index (χ4v) is 2.12. The summed E-state index contributed by atoms with van der Waals surface area (Å²) in [6.45, 7) is 2.08. The van der Waals surface area contributed by atoms with E-state index in [1.807, 2.05) is 12.3 Å². The molecule has 2 heterocycles. The van der Waals surface area contributed by atoms with Gasteiger partial charge in [-0.1, -0.05) is 0 Å². The quantitative estimate of drug-likeness (QED) is 0.640. The minimum absolute atomic E-state index is 0.0828. The molecule has 0 bridgehead atoms.